The van der Waals surface area contributed by atoms with Crippen LogP contribution in [0, 0.1) is 17.0 Å². The van der Waals surface area contributed by atoms with Crippen molar-refractivity contribution in [2.24, 2.45) is 0 Å². The maximum absolute atomic E-state index is 10.9. The van der Waals surface area contributed by atoms with Crippen molar-refractivity contribution in [2.75, 3.05) is 0 Å². The van der Waals surface area contributed by atoms with Crippen molar-refractivity contribution in [3.8, 4) is 0 Å². The van der Waals surface area contributed by atoms with Gasteiger partial charge in [0.1, 0.15) is 0 Å². The topological polar surface area (TPSA) is 43.1 Å². The van der Waals surface area contributed by atoms with Gasteiger partial charge in [-0.05, 0) is 35.2 Å². The highest BCUT2D eigenvalue weighted by molar-refractivity contribution is 9.09. The molecule has 1 unspecified atom stereocenters. The van der Waals surface area contributed by atoms with Crippen LogP contribution in [-0.2, 0) is 6.42 Å². The number of hydrogen-bond acceptors (Lipinski definition) is 3. The summed E-state index contributed by atoms with van der Waals surface area (Å²) in [6.07, 6.45) is 0.620. The van der Waals surface area contributed by atoms with E-state index in [0.29, 0.717) is 6.42 Å². The van der Waals surface area contributed by atoms with Gasteiger partial charge in [-0.1, -0.05) is 34.1 Å². The molecule has 0 fully saturated rings. The number of nitrogens with zero attached hydrogens (tertiary/aromatic N) is 1. The number of thiophene rings is 1. The second-order valence-corrected chi connectivity index (χ2v) is 5.92. The molecule has 94 valence electrons. The van der Waals surface area contributed by atoms with Crippen LogP contribution < -0.4 is 0 Å². The minimum atomic E-state index is -0.324. The molecule has 1 aromatic heterocycles. The summed E-state index contributed by atoms with van der Waals surface area (Å²) in [7, 11) is 0. The fraction of sp³-hybridized carbons (Fsp3) is 0.231. The molecule has 0 N–H and O–H groups in total. The van der Waals surface area contributed by atoms with Gasteiger partial charge in [-0.2, -0.15) is 11.3 Å². The fourth-order valence-corrected chi connectivity index (χ4v) is 3.78. The average molecular weight is 326 g/mol. The molecule has 0 bridgehead atoms. The van der Waals surface area contributed by atoms with Crippen LogP contribution in [0.4, 0.5) is 5.69 Å². The number of benzene rings is 1. The van der Waals surface area contributed by atoms with Gasteiger partial charge in [-0.3, -0.25) is 10.1 Å². The summed E-state index contributed by atoms with van der Waals surface area (Å²) in [5, 5.41) is 15.1. The first-order valence-corrected chi connectivity index (χ1v) is 7.34. The summed E-state index contributed by atoms with van der Waals surface area (Å²) in [5.74, 6) is 0. The Labute approximate surface area is 118 Å². The molecule has 18 heavy (non-hydrogen) atoms. The molecule has 0 spiro atoms. The third-order valence-corrected chi connectivity index (χ3v) is 4.52. The number of halogens is 1. The van der Waals surface area contributed by atoms with Crippen LogP contribution in [0.3, 0.4) is 0 Å². The number of aryl methyl sites for hydroxylation is 1. The smallest absolute Gasteiger partial charge is 0.258 e. The Morgan fingerprint density at radius 3 is 2.72 bits per heavy atom. The number of rotatable bonds is 4. The van der Waals surface area contributed by atoms with Gasteiger partial charge in [-0.15, -0.1) is 0 Å². The molecule has 5 heteroatoms. The number of nitro groups is 1. The molecule has 0 radical (unpaired) electrons. The van der Waals surface area contributed by atoms with Crippen LogP contribution in [0.5, 0.6) is 0 Å². The van der Waals surface area contributed by atoms with Crippen LogP contribution in [0.15, 0.2) is 35.0 Å². The molecule has 2 rings (SSSR count). The average Bonchev–Trinajstić information content (AvgIpc) is 2.76. The quantitative estimate of drug-likeness (QED) is 0.466. The van der Waals surface area contributed by atoms with E-state index >= 15 is 0 Å². The van der Waals surface area contributed by atoms with Crippen molar-refractivity contribution in [1.29, 1.82) is 0 Å². The Bertz CT molecular complexity index is 568. The first-order valence-electron chi connectivity index (χ1n) is 5.48. The van der Waals surface area contributed by atoms with E-state index in [-0.39, 0.29) is 15.4 Å². The summed E-state index contributed by atoms with van der Waals surface area (Å²) >= 11 is 5.27. The van der Waals surface area contributed by atoms with E-state index in [0.717, 1.165) is 5.56 Å². The van der Waals surface area contributed by atoms with Gasteiger partial charge in [0.2, 0.25) is 0 Å². The monoisotopic (exact) mass is 325 g/mol. The first kappa shape index (κ1) is 13.2. The summed E-state index contributed by atoms with van der Waals surface area (Å²) in [6.45, 7) is 2.06. The number of para-hydroxylation sites is 1. The molecule has 0 amide bonds. The predicted molar refractivity (Wildman–Crippen MR) is 77.5 cm³/mol. The summed E-state index contributed by atoms with van der Waals surface area (Å²) in [6, 6.07) is 6.90. The lowest BCUT2D eigenvalue weighted by Gasteiger charge is -2.10. The lowest BCUT2D eigenvalue weighted by Crippen LogP contribution is -2.00. The minimum absolute atomic E-state index is 0.116. The molecule has 0 saturated heterocycles. The zero-order valence-corrected chi connectivity index (χ0v) is 12.2. The molecule has 3 nitrogen and oxygen atoms in total. The summed E-state index contributed by atoms with van der Waals surface area (Å²) in [5.41, 5.74) is 3.38. The lowest BCUT2D eigenvalue weighted by atomic mass is 10.0. The molecule has 1 aromatic carbocycles. The second kappa shape index (κ2) is 5.63. The van der Waals surface area contributed by atoms with E-state index in [4.69, 9.17) is 0 Å². The highest BCUT2D eigenvalue weighted by Gasteiger charge is 2.18. The molecule has 0 aliphatic rings. The molecular formula is C13H12BrNO2S. The molecule has 0 aliphatic heterocycles. The molecule has 2 aromatic rings. The van der Waals surface area contributed by atoms with Crippen molar-refractivity contribution < 1.29 is 4.92 Å². The molecule has 0 saturated carbocycles. The van der Waals surface area contributed by atoms with Gasteiger partial charge in [0.25, 0.3) is 5.69 Å². The minimum Gasteiger partial charge on any atom is -0.258 e. The third-order valence-electron chi connectivity index (χ3n) is 2.82. The van der Waals surface area contributed by atoms with Crippen molar-refractivity contribution in [2.45, 2.75) is 18.2 Å². The van der Waals surface area contributed by atoms with Gasteiger partial charge < -0.3 is 0 Å². The van der Waals surface area contributed by atoms with E-state index in [2.05, 4.69) is 33.6 Å². The van der Waals surface area contributed by atoms with Crippen LogP contribution in [0.2, 0.25) is 0 Å². The molecule has 0 aliphatic carbocycles. The SMILES string of the molecule is Cc1cscc1C(Br)Cc1ccccc1[N+](=O)[O-]. The number of hydrogen-bond donors (Lipinski definition) is 0. The number of alkyl halides is 1. The Hall–Kier alpha value is -1.20. The second-order valence-electron chi connectivity index (χ2n) is 4.07. The van der Waals surface area contributed by atoms with E-state index < -0.39 is 0 Å². The van der Waals surface area contributed by atoms with Crippen LogP contribution >= 0.6 is 27.3 Å². The molecule has 1 heterocycles. The van der Waals surface area contributed by atoms with Gasteiger partial charge in [0.15, 0.2) is 0 Å². The Morgan fingerprint density at radius 1 is 1.39 bits per heavy atom. The van der Waals surface area contributed by atoms with Gasteiger partial charge in [0, 0.05) is 16.5 Å². The standard InChI is InChI=1S/C13H12BrNO2S/c1-9-7-18-8-11(9)12(14)6-10-4-2-3-5-13(10)15(16)17/h2-5,7-8,12H,6H2,1H3. The van der Waals surface area contributed by atoms with Crippen molar-refractivity contribution in [1.82, 2.24) is 0 Å². The van der Waals surface area contributed by atoms with Crippen LogP contribution in [-0.4, -0.2) is 4.92 Å². The maximum atomic E-state index is 10.9. The van der Waals surface area contributed by atoms with Crippen LogP contribution in [0.25, 0.3) is 0 Å². The zero-order chi connectivity index (χ0) is 13.1. The number of nitro benzene ring substituents is 1. The van der Waals surface area contributed by atoms with E-state index in [1.807, 2.05) is 12.1 Å². The summed E-state index contributed by atoms with van der Waals surface area (Å²) in [4.78, 5) is 10.7. The molecule has 1 atom stereocenters. The normalized spacial score (nSPS) is 12.3. The largest absolute Gasteiger partial charge is 0.272 e. The van der Waals surface area contributed by atoms with E-state index in [9.17, 15) is 10.1 Å². The van der Waals surface area contributed by atoms with Crippen molar-refractivity contribution >= 4 is 33.0 Å². The van der Waals surface area contributed by atoms with Gasteiger partial charge >= 0.3 is 0 Å². The van der Waals surface area contributed by atoms with Gasteiger partial charge in [0.05, 0.1) is 4.92 Å². The zero-order valence-electron chi connectivity index (χ0n) is 9.80. The van der Waals surface area contributed by atoms with Crippen LogP contribution in [0.1, 0.15) is 21.5 Å². The van der Waals surface area contributed by atoms with Crippen molar-refractivity contribution in [3.05, 3.63) is 61.8 Å². The maximum Gasteiger partial charge on any atom is 0.272 e. The fourth-order valence-electron chi connectivity index (χ4n) is 1.86. The predicted octanol–water partition coefficient (Wildman–Crippen LogP) is 4.64. The van der Waals surface area contributed by atoms with Gasteiger partial charge in [-0.25, -0.2) is 0 Å². The Balaban J connectivity index is 2.25. The highest BCUT2D eigenvalue weighted by atomic mass is 79.9. The van der Waals surface area contributed by atoms with Crippen molar-refractivity contribution in [3.63, 3.8) is 0 Å². The highest BCUT2D eigenvalue weighted by Crippen LogP contribution is 2.33. The summed E-state index contributed by atoms with van der Waals surface area (Å²) < 4.78 is 0. The first-order chi connectivity index (χ1) is 8.59. The Kier molecular flexibility index (Phi) is 4.14. The lowest BCUT2D eigenvalue weighted by molar-refractivity contribution is -0.385. The van der Waals surface area contributed by atoms with E-state index in [1.54, 1.807) is 23.5 Å². The third kappa shape index (κ3) is 2.79. The Morgan fingerprint density at radius 2 is 2.11 bits per heavy atom. The van der Waals surface area contributed by atoms with E-state index in [1.165, 1.54) is 11.1 Å². The molecular weight excluding hydrogens is 314 g/mol.